The molecule has 2 amide bonds. The first-order valence-electron chi connectivity index (χ1n) is 10.8. The van der Waals surface area contributed by atoms with E-state index in [1.165, 1.54) is 0 Å². The molecule has 2 rings (SSSR count). The third-order valence-corrected chi connectivity index (χ3v) is 5.53. The lowest BCUT2D eigenvalue weighted by molar-refractivity contribution is -0.124. The number of para-hydroxylation sites is 1. The molecule has 1 atom stereocenters. The Morgan fingerprint density at radius 2 is 1.41 bits per heavy atom. The van der Waals surface area contributed by atoms with E-state index in [-0.39, 0.29) is 17.9 Å². The Kier molecular flexibility index (Phi) is 9.11. The molecule has 0 aromatic heterocycles. The highest BCUT2D eigenvalue weighted by Gasteiger charge is 2.21. The molecule has 0 radical (unpaired) electrons. The number of aryl methyl sites for hydroxylation is 2. The van der Waals surface area contributed by atoms with Crippen molar-refractivity contribution in [2.24, 2.45) is 5.92 Å². The van der Waals surface area contributed by atoms with E-state index in [1.807, 2.05) is 32.0 Å². The number of piperazine rings is 1. The van der Waals surface area contributed by atoms with Crippen molar-refractivity contribution in [2.45, 2.75) is 53.5 Å². The zero-order valence-corrected chi connectivity index (χ0v) is 18.8. The molecule has 6 heteroatoms. The van der Waals surface area contributed by atoms with Gasteiger partial charge in [-0.25, -0.2) is 0 Å². The Labute approximate surface area is 176 Å². The first-order chi connectivity index (χ1) is 13.7. The molecule has 1 fully saturated rings. The van der Waals surface area contributed by atoms with Gasteiger partial charge in [0.05, 0.1) is 13.1 Å². The summed E-state index contributed by atoms with van der Waals surface area (Å²) >= 11 is 0. The lowest BCUT2D eigenvalue weighted by atomic mass is 10.0. The zero-order valence-electron chi connectivity index (χ0n) is 18.8. The predicted octanol–water partition coefficient (Wildman–Crippen LogP) is 2.80. The number of nitrogens with one attached hydrogen (secondary N) is 2. The summed E-state index contributed by atoms with van der Waals surface area (Å²) in [7, 11) is 0. The van der Waals surface area contributed by atoms with Gasteiger partial charge in [-0.1, -0.05) is 32.0 Å². The fraction of sp³-hybridized carbons (Fsp3) is 0.652. The van der Waals surface area contributed by atoms with Crippen LogP contribution in [0.2, 0.25) is 0 Å². The molecule has 6 nitrogen and oxygen atoms in total. The molecular weight excluding hydrogens is 364 g/mol. The predicted molar refractivity (Wildman–Crippen MR) is 119 cm³/mol. The van der Waals surface area contributed by atoms with E-state index in [0.717, 1.165) is 55.8 Å². The molecule has 1 aliphatic rings. The fourth-order valence-corrected chi connectivity index (χ4v) is 3.68. The Bertz CT molecular complexity index is 661. The number of carbonyl (C=O) groups is 2. The summed E-state index contributed by atoms with van der Waals surface area (Å²) in [5.41, 5.74) is 3.08. The number of rotatable bonds is 9. The third kappa shape index (κ3) is 8.15. The second kappa shape index (κ2) is 11.3. The van der Waals surface area contributed by atoms with Crippen LogP contribution in [0.5, 0.6) is 0 Å². The Balaban J connectivity index is 1.69. The van der Waals surface area contributed by atoms with Gasteiger partial charge in [0, 0.05) is 37.9 Å². The van der Waals surface area contributed by atoms with Crippen molar-refractivity contribution in [3.05, 3.63) is 29.3 Å². The van der Waals surface area contributed by atoms with E-state index in [0.29, 0.717) is 19.0 Å². The Morgan fingerprint density at radius 1 is 0.897 bits per heavy atom. The molecule has 1 aromatic carbocycles. The summed E-state index contributed by atoms with van der Waals surface area (Å²) in [6.45, 7) is 14.6. The van der Waals surface area contributed by atoms with E-state index in [2.05, 4.69) is 41.2 Å². The molecule has 1 heterocycles. The SMILES string of the molecule is Cc1cccc(C)c1NC(=O)CN1CCN(CC(=O)N[C@@H](C)CCC(C)C)CC1. The summed E-state index contributed by atoms with van der Waals surface area (Å²) in [6.07, 6.45) is 2.15. The number of carbonyl (C=O) groups excluding carboxylic acids is 2. The minimum Gasteiger partial charge on any atom is -0.353 e. The number of amides is 2. The topological polar surface area (TPSA) is 64.7 Å². The average molecular weight is 403 g/mol. The van der Waals surface area contributed by atoms with E-state index in [4.69, 9.17) is 0 Å². The second-order valence-electron chi connectivity index (χ2n) is 8.81. The van der Waals surface area contributed by atoms with Crippen LogP contribution in [0.3, 0.4) is 0 Å². The van der Waals surface area contributed by atoms with Crippen LogP contribution >= 0.6 is 0 Å². The van der Waals surface area contributed by atoms with E-state index >= 15 is 0 Å². The maximum atomic E-state index is 12.4. The standard InChI is InChI=1S/C23H38N4O2/c1-17(2)9-10-20(5)24-21(28)15-26-11-13-27(14-12-26)16-22(29)25-23-18(3)7-6-8-19(23)4/h6-8,17,20H,9-16H2,1-5H3,(H,24,28)(H,25,29)/t20-/m0/s1. The van der Waals surface area contributed by atoms with Crippen LogP contribution in [0.15, 0.2) is 18.2 Å². The minimum absolute atomic E-state index is 0.0209. The molecule has 0 aliphatic carbocycles. The lowest BCUT2D eigenvalue weighted by Crippen LogP contribution is -2.51. The average Bonchev–Trinajstić information content (AvgIpc) is 2.65. The molecule has 0 bridgehead atoms. The van der Waals surface area contributed by atoms with Crippen molar-refractivity contribution in [3.8, 4) is 0 Å². The van der Waals surface area contributed by atoms with Crippen molar-refractivity contribution >= 4 is 17.5 Å². The normalized spacial score (nSPS) is 16.6. The van der Waals surface area contributed by atoms with Gasteiger partial charge in [0.15, 0.2) is 0 Å². The molecule has 162 valence electrons. The molecule has 1 aliphatic heterocycles. The highest BCUT2D eigenvalue weighted by atomic mass is 16.2. The maximum Gasteiger partial charge on any atom is 0.238 e. The van der Waals surface area contributed by atoms with Crippen molar-refractivity contribution in [1.82, 2.24) is 15.1 Å². The van der Waals surface area contributed by atoms with Gasteiger partial charge >= 0.3 is 0 Å². The van der Waals surface area contributed by atoms with Gasteiger partial charge in [-0.05, 0) is 50.7 Å². The molecule has 0 saturated carbocycles. The monoisotopic (exact) mass is 402 g/mol. The smallest absolute Gasteiger partial charge is 0.238 e. The number of hydrogen-bond donors (Lipinski definition) is 2. The molecule has 0 spiro atoms. The number of anilines is 1. The van der Waals surface area contributed by atoms with Crippen molar-refractivity contribution < 1.29 is 9.59 Å². The maximum absolute atomic E-state index is 12.4. The summed E-state index contributed by atoms with van der Waals surface area (Å²) < 4.78 is 0. The van der Waals surface area contributed by atoms with Crippen molar-refractivity contribution in [2.75, 3.05) is 44.6 Å². The molecule has 0 unspecified atom stereocenters. The summed E-state index contributed by atoms with van der Waals surface area (Å²) in [4.78, 5) is 29.0. The van der Waals surface area contributed by atoms with Gasteiger partial charge in [-0.3, -0.25) is 19.4 Å². The molecule has 1 aromatic rings. The fourth-order valence-electron chi connectivity index (χ4n) is 3.68. The van der Waals surface area contributed by atoms with Crippen LogP contribution in [0.4, 0.5) is 5.69 Å². The summed E-state index contributed by atoms with van der Waals surface area (Å²) in [6, 6.07) is 6.24. The second-order valence-corrected chi connectivity index (χ2v) is 8.81. The highest BCUT2D eigenvalue weighted by molar-refractivity contribution is 5.93. The van der Waals surface area contributed by atoms with Crippen LogP contribution in [-0.4, -0.2) is 66.9 Å². The number of nitrogens with zero attached hydrogens (tertiary/aromatic N) is 2. The van der Waals surface area contributed by atoms with Crippen molar-refractivity contribution in [3.63, 3.8) is 0 Å². The van der Waals surface area contributed by atoms with Gasteiger partial charge in [0.1, 0.15) is 0 Å². The van der Waals surface area contributed by atoms with Crippen LogP contribution in [0, 0.1) is 19.8 Å². The molecule has 29 heavy (non-hydrogen) atoms. The van der Waals surface area contributed by atoms with E-state index in [1.54, 1.807) is 0 Å². The highest BCUT2D eigenvalue weighted by Crippen LogP contribution is 2.19. The Hall–Kier alpha value is -1.92. The van der Waals surface area contributed by atoms with Crippen LogP contribution in [0.1, 0.15) is 44.7 Å². The number of benzene rings is 1. The van der Waals surface area contributed by atoms with Gasteiger partial charge in [0.25, 0.3) is 0 Å². The Morgan fingerprint density at radius 3 is 1.93 bits per heavy atom. The molecule has 2 N–H and O–H groups in total. The molecular formula is C23H38N4O2. The van der Waals surface area contributed by atoms with Gasteiger partial charge in [-0.2, -0.15) is 0 Å². The van der Waals surface area contributed by atoms with Crippen molar-refractivity contribution in [1.29, 1.82) is 0 Å². The first kappa shape index (κ1) is 23.4. The van der Waals surface area contributed by atoms with Gasteiger partial charge in [-0.15, -0.1) is 0 Å². The first-order valence-corrected chi connectivity index (χ1v) is 10.8. The quantitative estimate of drug-likeness (QED) is 0.667. The van der Waals surface area contributed by atoms with E-state index < -0.39 is 0 Å². The third-order valence-electron chi connectivity index (χ3n) is 5.53. The minimum atomic E-state index is 0.0209. The number of hydrogen-bond acceptors (Lipinski definition) is 4. The van der Waals surface area contributed by atoms with Crippen LogP contribution in [0.25, 0.3) is 0 Å². The largest absolute Gasteiger partial charge is 0.353 e. The van der Waals surface area contributed by atoms with Gasteiger partial charge < -0.3 is 10.6 Å². The van der Waals surface area contributed by atoms with Crippen LogP contribution in [-0.2, 0) is 9.59 Å². The summed E-state index contributed by atoms with van der Waals surface area (Å²) in [5, 5.41) is 6.16. The zero-order chi connectivity index (χ0) is 21.4. The van der Waals surface area contributed by atoms with E-state index in [9.17, 15) is 9.59 Å². The lowest BCUT2D eigenvalue weighted by Gasteiger charge is -2.34. The van der Waals surface area contributed by atoms with Crippen LogP contribution < -0.4 is 10.6 Å². The molecule has 1 saturated heterocycles. The van der Waals surface area contributed by atoms with Gasteiger partial charge in [0.2, 0.25) is 11.8 Å². The summed E-state index contributed by atoms with van der Waals surface area (Å²) in [5.74, 6) is 0.782.